The van der Waals surface area contributed by atoms with Crippen LogP contribution in [0.5, 0.6) is 5.75 Å². The van der Waals surface area contributed by atoms with Gasteiger partial charge in [-0.25, -0.2) is 0 Å². The first kappa shape index (κ1) is 20.7. The fourth-order valence-electron chi connectivity index (χ4n) is 3.36. The molecule has 2 rings (SSSR count). The molecule has 1 saturated carbocycles. The van der Waals surface area contributed by atoms with Crippen LogP contribution in [-0.4, -0.2) is 37.3 Å². The van der Waals surface area contributed by atoms with Gasteiger partial charge in [0.1, 0.15) is 17.9 Å². The number of carbonyl (C=O) groups excluding carboxylic acids is 1. The van der Waals surface area contributed by atoms with E-state index in [4.69, 9.17) is 15.2 Å². The maximum Gasteiger partial charge on any atom is 0.240 e. The zero-order chi connectivity index (χ0) is 19.6. The highest BCUT2D eigenvalue weighted by Crippen LogP contribution is 2.49. The summed E-state index contributed by atoms with van der Waals surface area (Å²) in [7, 11) is 0. The summed E-state index contributed by atoms with van der Waals surface area (Å²) in [4.78, 5) is 12.5. The molecule has 0 spiro atoms. The van der Waals surface area contributed by atoms with Gasteiger partial charge in [-0.1, -0.05) is 46.8 Å². The first-order valence-electron chi connectivity index (χ1n) is 9.44. The van der Waals surface area contributed by atoms with Crippen LogP contribution in [0.2, 0.25) is 0 Å². The Labute approximate surface area is 157 Å². The Balaban J connectivity index is 1.79. The lowest BCUT2D eigenvalue weighted by Crippen LogP contribution is -2.75. The van der Waals surface area contributed by atoms with Crippen LogP contribution in [0.25, 0.3) is 0 Å². The van der Waals surface area contributed by atoms with Crippen LogP contribution in [0.3, 0.4) is 0 Å². The highest BCUT2D eigenvalue weighted by Gasteiger charge is 2.62. The van der Waals surface area contributed by atoms with Crippen LogP contribution in [0.4, 0.5) is 0 Å². The molecule has 1 aromatic rings. The van der Waals surface area contributed by atoms with Gasteiger partial charge < -0.3 is 20.5 Å². The SMILES string of the molecule is CCOC1CC(N)(C(=O)NCCOc2ccc(C(C)(C)C)cc2)C1(C)C. The molecule has 0 radical (unpaired) electrons. The maximum atomic E-state index is 12.5. The number of ether oxygens (including phenoxy) is 2. The van der Waals surface area contributed by atoms with Crippen molar-refractivity contribution < 1.29 is 14.3 Å². The molecule has 1 aliphatic carbocycles. The summed E-state index contributed by atoms with van der Waals surface area (Å²) < 4.78 is 11.4. The third-order valence-corrected chi connectivity index (χ3v) is 5.61. The quantitative estimate of drug-likeness (QED) is 0.731. The van der Waals surface area contributed by atoms with Gasteiger partial charge in [0.05, 0.1) is 12.6 Å². The third-order valence-electron chi connectivity index (χ3n) is 5.61. The van der Waals surface area contributed by atoms with Crippen LogP contribution in [0, 0.1) is 5.41 Å². The van der Waals surface area contributed by atoms with E-state index in [1.165, 1.54) is 5.56 Å². The van der Waals surface area contributed by atoms with E-state index in [0.29, 0.717) is 26.2 Å². The second kappa shape index (κ2) is 7.57. The summed E-state index contributed by atoms with van der Waals surface area (Å²) in [6.45, 7) is 13.9. The van der Waals surface area contributed by atoms with E-state index in [1.807, 2.05) is 32.9 Å². The highest BCUT2D eigenvalue weighted by molar-refractivity contribution is 5.88. The zero-order valence-corrected chi connectivity index (χ0v) is 17.0. The molecule has 146 valence electrons. The fourth-order valence-corrected chi connectivity index (χ4v) is 3.36. The molecular weight excluding hydrogens is 328 g/mol. The Bertz CT molecular complexity index is 619. The molecule has 3 N–H and O–H groups in total. The van der Waals surface area contributed by atoms with Gasteiger partial charge in [-0.05, 0) is 30.0 Å². The summed E-state index contributed by atoms with van der Waals surface area (Å²) in [5, 5.41) is 2.90. The lowest BCUT2D eigenvalue weighted by atomic mass is 9.54. The number of nitrogens with two attached hydrogens (primary N) is 1. The minimum absolute atomic E-state index is 0.0285. The van der Waals surface area contributed by atoms with Crippen molar-refractivity contribution in [1.82, 2.24) is 5.32 Å². The van der Waals surface area contributed by atoms with Gasteiger partial charge in [-0.3, -0.25) is 4.79 Å². The van der Waals surface area contributed by atoms with Gasteiger partial charge in [0.15, 0.2) is 0 Å². The van der Waals surface area contributed by atoms with Crippen molar-refractivity contribution in [2.24, 2.45) is 11.1 Å². The summed E-state index contributed by atoms with van der Waals surface area (Å²) >= 11 is 0. The lowest BCUT2D eigenvalue weighted by Gasteiger charge is -2.57. The summed E-state index contributed by atoms with van der Waals surface area (Å²) in [6.07, 6.45) is 0.579. The van der Waals surface area contributed by atoms with E-state index in [-0.39, 0.29) is 22.8 Å². The Morgan fingerprint density at radius 1 is 1.27 bits per heavy atom. The predicted octanol–water partition coefficient (Wildman–Crippen LogP) is 3.01. The van der Waals surface area contributed by atoms with Crippen molar-refractivity contribution in [3.05, 3.63) is 29.8 Å². The second-order valence-electron chi connectivity index (χ2n) is 8.72. The molecule has 2 atom stereocenters. The molecule has 1 fully saturated rings. The maximum absolute atomic E-state index is 12.5. The van der Waals surface area contributed by atoms with E-state index in [2.05, 4.69) is 38.2 Å². The molecule has 0 bridgehead atoms. The standard InChI is InChI=1S/C21H34N2O3/c1-7-25-17-14-21(22,20(17,5)6)18(24)23-12-13-26-16-10-8-15(9-11-16)19(2,3)4/h8-11,17H,7,12-14,22H2,1-6H3,(H,23,24). The molecule has 2 unspecified atom stereocenters. The molecule has 0 saturated heterocycles. The first-order valence-corrected chi connectivity index (χ1v) is 9.44. The van der Waals surface area contributed by atoms with Gasteiger partial charge in [0, 0.05) is 18.4 Å². The van der Waals surface area contributed by atoms with Gasteiger partial charge in [-0.2, -0.15) is 0 Å². The predicted molar refractivity (Wildman–Crippen MR) is 104 cm³/mol. The minimum atomic E-state index is -0.888. The van der Waals surface area contributed by atoms with Gasteiger partial charge in [0.25, 0.3) is 0 Å². The number of nitrogens with one attached hydrogen (secondary N) is 1. The fraction of sp³-hybridized carbons (Fsp3) is 0.667. The number of benzene rings is 1. The minimum Gasteiger partial charge on any atom is -0.492 e. The number of hydrogen-bond acceptors (Lipinski definition) is 4. The molecule has 26 heavy (non-hydrogen) atoms. The molecular formula is C21H34N2O3. The van der Waals surface area contributed by atoms with E-state index >= 15 is 0 Å². The third kappa shape index (κ3) is 4.04. The van der Waals surface area contributed by atoms with Crippen molar-refractivity contribution in [3.8, 4) is 5.75 Å². The number of rotatable bonds is 7. The van der Waals surface area contributed by atoms with Crippen LogP contribution < -0.4 is 15.8 Å². The van der Waals surface area contributed by atoms with Crippen LogP contribution in [0.15, 0.2) is 24.3 Å². The topological polar surface area (TPSA) is 73.6 Å². The van der Waals surface area contributed by atoms with E-state index in [1.54, 1.807) is 0 Å². The number of hydrogen-bond donors (Lipinski definition) is 2. The summed E-state index contributed by atoms with van der Waals surface area (Å²) in [5.74, 6) is 0.667. The van der Waals surface area contributed by atoms with Crippen molar-refractivity contribution in [2.45, 2.75) is 65.0 Å². The van der Waals surface area contributed by atoms with E-state index < -0.39 is 5.54 Å². The van der Waals surface area contributed by atoms with E-state index in [0.717, 1.165) is 5.75 Å². The molecule has 0 aliphatic heterocycles. The van der Waals surface area contributed by atoms with Crippen molar-refractivity contribution >= 4 is 5.91 Å². The average molecular weight is 363 g/mol. The highest BCUT2D eigenvalue weighted by atomic mass is 16.5. The lowest BCUT2D eigenvalue weighted by molar-refractivity contribution is -0.170. The molecule has 1 aliphatic rings. The molecule has 0 aromatic heterocycles. The van der Waals surface area contributed by atoms with Gasteiger partial charge in [0.2, 0.25) is 5.91 Å². The molecule has 0 heterocycles. The van der Waals surface area contributed by atoms with Crippen LogP contribution >= 0.6 is 0 Å². The average Bonchev–Trinajstić information content (AvgIpc) is 2.57. The van der Waals surface area contributed by atoms with Crippen molar-refractivity contribution in [1.29, 1.82) is 0 Å². The van der Waals surface area contributed by atoms with Crippen molar-refractivity contribution in [2.75, 3.05) is 19.8 Å². The Hall–Kier alpha value is -1.59. The molecule has 1 aromatic carbocycles. The van der Waals surface area contributed by atoms with Gasteiger partial charge >= 0.3 is 0 Å². The number of amides is 1. The number of carbonyl (C=O) groups is 1. The van der Waals surface area contributed by atoms with Crippen LogP contribution in [-0.2, 0) is 14.9 Å². The van der Waals surface area contributed by atoms with Crippen molar-refractivity contribution in [3.63, 3.8) is 0 Å². The second-order valence-corrected chi connectivity index (χ2v) is 8.72. The molecule has 5 nitrogen and oxygen atoms in total. The summed E-state index contributed by atoms with van der Waals surface area (Å²) in [5.41, 5.74) is 6.48. The summed E-state index contributed by atoms with van der Waals surface area (Å²) in [6, 6.07) is 8.09. The molecule has 5 heteroatoms. The Morgan fingerprint density at radius 2 is 1.88 bits per heavy atom. The zero-order valence-electron chi connectivity index (χ0n) is 17.0. The smallest absolute Gasteiger partial charge is 0.240 e. The van der Waals surface area contributed by atoms with Crippen LogP contribution in [0.1, 0.15) is 53.5 Å². The monoisotopic (exact) mass is 362 g/mol. The molecule has 1 amide bonds. The largest absolute Gasteiger partial charge is 0.492 e. The Morgan fingerprint density at radius 3 is 2.38 bits per heavy atom. The Kier molecular flexibility index (Phi) is 6.03. The normalized spacial score (nSPS) is 24.7. The van der Waals surface area contributed by atoms with Gasteiger partial charge in [-0.15, -0.1) is 0 Å². The first-order chi connectivity index (χ1) is 12.0. The van der Waals surface area contributed by atoms with E-state index in [9.17, 15) is 4.79 Å².